The Labute approximate surface area is 225 Å². The second-order valence-electron chi connectivity index (χ2n) is 10.1. The normalized spacial score (nSPS) is 23.0. The summed E-state index contributed by atoms with van der Waals surface area (Å²) in [6.45, 7) is 3.99. The number of amides is 1. The molecule has 1 aromatic heterocycles. The molecule has 2 aromatic carbocycles. The van der Waals surface area contributed by atoms with Crippen molar-refractivity contribution in [3.05, 3.63) is 81.7 Å². The zero-order valence-corrected chi connectivity index (χ0v) is 21.9. The molecule has 3 aromatic rings. The Bertz CT molecular complexity index is 1430. The maximum absolute atomic E-state index is 13.4. The van der Waals surface area contributed by atoms with Gasteiger partial charge in [-0.1, -0.05) is 31.2 Å². The van der Waals surface area contributed by atoms with E-state index >= 15 is 0 Å². The SMILES string of the molecule is CC1C=c2[nH]c3c(c2=CC1Cl)CCN(C(=O)Oc1ccc(F)cc1)[C@H]3c1ccc(OC2CCOCC2)cc1. The van der Waals surface area contributed by atoms with Crippen LogP contribution in [0.1, 0.15) is 42.6 Å². The number of benzene rings is 2. The molecule has 1 N–H and O–H groups in total. The summed E-state index contributed by atoms with van der Waals surface area (Å²) in [6, 6.07) is 13.0. The molecule has 6 rings (SSSR count). The lowest BCUT2D eigenvalue weighted by molar-refractivity contribution is 0.0255. The van der Waals surface area contributed by atoms with Crippen molar-refractivity contribution in [2.75, 3.05) is 19.8 Å². The van der Waals surface area contributed by atoms with E-state index in [9.17, 15) is 9.18 Å². The summed E-state index contributed by atoms with van der Waals surface area (Å²) >= 11 is 6.59. The Morgan fingerprint density at radius 3 is 2.50 bits per heavy atom. The van der Waals surface area contributed by atoms with Crippen LogP contribution in [0.25, 0.3) is 12.2 Å². The lowest BCUT2D eigenvalue weighted by Gasteiger charge is -2.35. The lowest BCUT2D eigenvalue weighted by Crippen LogP contribution is -2.43. The molecule has 0 bridgehead atoms. The van der Waals surface area contributed by atoms with Crippen LogP contribution in [0.2, 0.25) is 0 Å². The summed E-state index contributed by atoms with van der Waals surface area (Å²) in [7, 11) is 0. The van der Waals surface area contributed by atoms with Crippen LogP contribution in [0.3, 0.4) is 0 Å². The monoisotopic (exact) mass is 536 g/mol. The van der Waals surface area contributed by atoms with Crippen molar-refractivity contribution in [1.29, 1.82) is 0 Å². The first-order chi connectivity index (χ1) is 18.5. The van der Waals surface area contributed by atoms with Crippen LogP contribution in [-0.2, 0) is 11.2 Å². The van der Waals surface area contributed by atoms with Crippen LogP contribution < -0.4 is 20.0 Å². The molecule has 1 saturated heterocycles. The molecule has 0 saturated carbocycles. The van der Waals surface area contributed by atoms with Crippen LogP contribution in [0, 0.1) is 11.7 Å². The van der Waals surface area contributed by atoms with Crippen LogP contribution in [0.4, 0.5) is 9.18 Å². The largest absolute Gasteiger partial charge is 0.490 e. The predicted octanol–water partition coefficient (Wildman–Crippen LogP) is 4.68. The minimum atomic E-state index is -0.487. The first-order valence-electron chi connectivity index (χ1n) is 13.1. The highest BCUT2D eigenvalue weighted by atomic mass is 35.5. The molecular weight excluding hydrogens is 507 g/mol. The Morgan fingerprint density at radius 1 is 1.05 bits per heavy atom. The standard InChI is InChI=1S/C30H30ClFN2O4/c1-18-16-27-25(17-26(18)31)24-10-13-34(30(35)38-22-8-4-20(32)5-9-22)29(28(24)33-27)19-2-6-21(7-3-19)37-23-11-14-36-15-12-23/h2-9,16-18,23,26,29,33H,10-15H2,1H3/t18?,26?,29-/m0/s1. The number of hydrogen-bond acceptors (Lipinski definition) is 4. The molecule has 1 fully saturated rings. The summed E-state index contributed by atoms with van der Waals surface area (Å²) in [5.41, 5.74) is 3.07. The molecule has 6 nitrogen and oxygen atoms in total. The van der Waals surface area contributed by atoms with Crippen molar-refractivity contribution >= 4 is 29.8 Å². The van der Waals surface area contributed by atoms with Gasteiger partial charge < -0.3 is 19.2 Å². The second kappa shape index (κ2) is 10.5. The van der Waals surface area contributed by atoms with Gasteiger partial charge >= 0.3 is 6.09 Å². The van der Waals surface area contributed by atoms with Gasteiger partial charge in [-0.3, -0.25) is 4.90 Å². The van der Waals surface area contributed by atoms with Crippen molar-refractivity contribution < 1.29 is 23.4 Å². The van der Waals surface area contributed by atoms with Gasteiger partial charge in [0.05, 0.1) is 18.6 Å². The maximum Gasteiger partial charge on any atom is 0.416 e. The fourth-order valence-electron chi connectivity index (χ4n) is 5.52. The molecule has 2 unspecified atom stereocenters. The first kappa shape index (κ1) is 25.0. The number of hydrogen-bond donors (Lipinski definition) is 1. The average Bonchev–Trinajstić information content (AvgIpc) is 3.28. The van der Waals surface area contributed by atoms with Gasteiger partial charge in [-0.05, 0) is 59.9 Å². The van der Waals surface area contributed by atoms with Gasteiger partial charge in [0.15, 0.2) is 0 Å². The van der Waals surface area contributed by atoms with E-state index < -0.39 is 6.09 Å². The number of nitrogens with one attached hydrogen (secondary N) is 1. The molecule has 198 valence electrons. The van der Waals surface area contributed by atoms with Crippen molar-refractivity contribution in [2.45, 2.75) is 43.7 Å². The van der Waals surface area contributed by atoms with E-state index in [2.05, 4.69) is 24.1 Å². The quantitative estimate of drug-likeness (QED) is 0.492. The van der Waals surface area contributed by atoms with E-state index in [1.54, 1.807) is 4.90 Å². The molecular formula is C30H30ClFN2O4. The highest BCUT2D eigenvalue weighted by Gasteiger charge is 2.36. The molecule has 0 radical (unpaired) electrons. The number of fused-ring (bicyclic) bond motifs is 3. The fraction of sp³-hybridized carbons (Fsp3) is 0.367. The van der Waals surface area contributed by atoms with Gasteiger partial charge in [-0.2, -0.15) is 0 Å². The number of alkyl halides is 1. The minimum Gasteiger partial charge on any atom is -0.490 e. The molecule has 3 aliphatic rings. The highest BCUT2D eigenvalue weighted by Crippen LogP contribution is 2.35. The molecule has 8 heteroatoms. The number of aromatic amines is 1. The van der Waals surface area contributed by atoms with Gasteiger partial charge in [0.1, 0.15) is 29.5 Å². The van der Waals surface area contributed by atoms with E-state index in [-0.39, 0.29) is 29.3 Å². The topological polar surface area (TPSA) is 63.8 Å². The Balaban J connectivity index is 1.35. The third-order valence-electron chi connectivity index (χ3n) is 7.58. The molecule has 1 amide bonds. The molecule has 3 heterocycles. The molecule has 0 spiro atoms. The van der Waals surface area contributed by atoms with Crippen molar-refractivity contribution in [2.24, 2.45) is 5.92 Å². The Hall–Kier alpha value is -3.29. The summed E-state index contributed by atoms with van der Waals surface area (Å²) in [6.07, 6.45) is 6.35. The molecule has 2 aliphatic heterocycles. The highest BCUT2D eigenvalue weighted by molar-refractivity contribution is 6.24. The number of carbonyl (C=O) groups is 1. The molecule has 3 atom stereocenters. The van der Waals surface area contributed by atoms with Gasteiger partial charge in [0, 0.05) is 35.6 Å². The second-order valence-corrected chi connectivity index (χ2v) is 10.7. The number of H-pyrrole nitrogens is 1. The zero-order chi connectivity index (χ0) is 26.2. The maximum atomic E-state index is 13.4. The van der Waals surface area contributed by atoms with Crippen LogP contribution in [-0.4, -0.2) is 47.2 Å². The summed E-state index contributed by atoms with van der Waals surface area (Å²) in [4.78, 5) is 18.8. The van der Waals surface area contributed by atoms with E-state index in [0.717, 1.165) is 40.4 Å². The lowest BCUT2D eigenvalue weighted by atomic mass is 9.92. The third kappa shape index (κ3) is 4.93. The first-order valence-corrected chi connectivity index (χ1v) is 13.6. The van der Waals surface area contributed by atoms with E-state index in [0.29, 0.717) is 31.9 Å². The van der Waals surface area contributed by atoms with Crippen LogP contribution in [0.15, 0.2) is 48.5 Å². The summed E-state index contributed by atoms with van der Waals surface area (Å²) in [5, 5.41) is 2.08. The van der Waals surface area contributed by atoms with Crippen molar-refractivity contribution in [1.82, 2.24) is 9.88 Å². The number of halogens is 2. The summed E-state index contributed by atoms with van der Waals surface area (Å²) in [5.74, 6) is 0.907. The summed E-state index contributed by atoms with van der Waals surface area (Å²) < 4.78 is 30.7. The number of aromatic nitrogens is 1. The van der Waals surface area contributed by atoms with E-state index in [1.165, 1.54) is 29.8 Å². The fourth-order valence-corrected chi connectivity index (χ4v) is 5.72. The van der Waals surface area contributed by atoms with Crippen LogP contribution in [0.5, 0.6) is 11.5 Å². The number of ether oxygens (including phenoxy) is 3. The smallest absolute Gasteiger partial charge is 0.416 e. The van der Waals surface area contributed by atoms with Crippen LogP contribution >= 0.6 is 11.6 Å². The third-order valence-corrected chi connectivity index (χ3v) is 8.10. The number of nitrogens with zero attached hydrogens (tertiary/aromatic N) is 1. The van der Waals surface area contributed by atoms with Gasteiger partial charge in [-0.25, -0.2) is 9.18 Å². The van der Waals surface area contributed by atoms with Gasteiger partial charge in [-0.15, -0.1) is 11.6 Å². The Morgan fingerprint density at radius 2 is 1.76 bits per heavy atom. The number of rotatable bonds is 4. The van der Waals surface area contributed by atoms with Gasteiger partial charge in [0.2, 0.25) is 0 Å². The molecule has 1 aliphatic carbocycles. The van der Waals surface area contributed by atoms with Crippen molar-refractivity contribution in [3.8, 4) is 11.5 Å². The zero-order valence-electron chi connectivity index (χ0n) is 21.2. The van der Waals surface area contributed by atoms with Crippen molar-refractivity contribution in [3.63, 3.8) is 0 Å². The predicted molar refractivity (Wildman–Crippen MR) is 143 cm³/mol. The number of carbonyl (C=O) groups excluding carboxylic acids is 1. The van der Waals surface area contributed by atoms with E-state index in [4.69, 9.17) is 25.8 Å². The van der Waals surface area contributed by atoms with E-state index in [1.807, 2.05) is 24.3 Å². The average molecular weight is 537 g/mol. The molecule has 38 heavy (non-hydrogen) atoms. The van der Waals surface area contributed by atoms with Gasteiger partial charge in [0.25, 0.3) is 0 Å². The Kier molecular flexibility index (Phi) is 6.89. The minimum absolute atomic E-state index is 0.0797.